The minimum atomic E-state index is -0.248. The van der Waals surface area contributed by atoms with Crippen LogP contribution in [0.15, 0.2) is 46.7 Å². The number of imide groups is 1. The minimum absolute atomic E-state index is 0.149. The van der Waals surface area contributed by atoms with E-state index in [1.807, 2.05) is 26.0 Å². The summed E-state index contributed by atoms with van der Waals surface area (Å²) < 4.78 is 5.38. The molecule has 6 heteroatoms. The predicted molar refractivity (Wildman–Crippen MR) is 106 cm³/mol. The van der Waals surface area contributed by atoms with Gasteiger partial charge in [-0.2, -0.15) is 0 Å². The van der Waals surface area contributed by atoms with Gasteiger partial charge in [0.2, 0.25) is 0 Å². The zero-order chi connectivity index (χ0) is 19.8. The van der Waals surface area contributed by atoms with Gasteiger partial charge in [-0.25, -0.2) is 0 Å². The van der Waals surface area contributed by atoms with Crippen molar-refractivity contribution < 1.29 is 14.0 Å². The summed E-state index contributed by atoms with van der Waals surface area (Å²) in [5.74, 6) is 0.115. The smallest absolute Gasteiger partial charge is 0.278 e. The maximum absolute atomic E-state index is 13.4. The van der Waals surface area contributed by atoms with Gasteiger partial charge in [0.05, 0.1) is 18.4 Å². The first-order chi connectivity index (χ1) is 13.5. The standard InChI is InChI=1S/C22H25N3O3/c1-15-6-7-18(16(2)13-15)19-20(24-10-8-23(3)9-11-24)22(27)25(21(19)26)14-17-5-4-12-28-17/h4-7,12-13H,8-11,14H2,1-3H3. The highest BCUT2D eigenvalue weighted by Crippen LogP contribution is 2.34. The van der Waals surface area contributed by atoms with Gasteiger partial charge in [-0.05, 0) is 44.2 Å². The number of piperazine rings is 1. The highest BCUT2D eigenvalue weighted by atomic mass is 16.3. The lowest BCUT2D eigenvalue weighted by Gasteiger charge is -2.34. The number of hydrogen-bond acceptors (Lipinski definition) is 5. The fourth-order valence-corrected chi connectivity index (χ4v) is 3.93. The molecule has 0 aliphatic carbocycles. The molecule has 0 atom stereocenters. The molecule has 1 aromatic carbocycles. The average Bonchev–Trinajstić information content (AvgIpc) is 3.25. The summed E-state index contributed by atoms with van der Waals surface area (Å²) in [6.07, 6.45) is 1.56. The van der Waals surface area contributed by atoms with Crippen molar-refractivity contribution >= 4 is 17.4 Å². The lowest BCUT2D eigenvalue weighted by molar-refractivity contribution is -0.138. The van der Waals surface area contributed by atoms with E-state index in [9.17, 15) is 9.59 Å². The van der Waals surface area contributed by atoms with Gasteiger partial charge in [-0.3, -0.25) is 14.5 Å². The van der Waals surface area contributed by atoms with E-state index in [0.717, 1.165) is 42.9 Å². The first kappa shape index (κ1) is 18.5. The van der Waals surface area contributed by atoms with Crippen LogP contribution >= 0.6 is 0 Å². The molecule has 0 N–H and O–H groups in total. The van der Waals surface area contributed by atoms with Gasteiger partial charge in [0.25, 0.3) is 11.8 Å². The Hall–Kier alpha value is -2.86. The molecule has 2 aliphatic rings. The Kier molecular flexibility index (Phi) is 4.81. The van der Waals surface area contributed by atoms with Crippen molar-refractivity contribution in [1.29, 1.82) is 0 Å². The molecule has 0 saturated carbocycles. The predicted octanol–water partition coefficient (Wildman–Crippen LogP) is 2.42. The Morgan fingerprint density at radius 2 is 1.75 bits per heavy atom. The quantitative estimate of drug-likeness (QED) is 0.764. The van der Waals surface area contributed by atoms with Crippen molar-refractivity contribution in [3.05, 3.63) is 64.7 Å². The highest BCUT2D eigenvalue weighted by Gasteiger charge is 2.42. The molecular weight excluding hydrogens is 354 g/mol. The summed E-state index contributed by atoms with van der Waals surface area (Å²) in [6, 6.07) is 9.55. The van der Waals surface area contributed by atoms with E-state index in [0.29, 0.717) is 17.0 Å². The number of rotatable bonds is 4. The Balaban J connectivity index is 1.77. The average molecular weight is 379 g/mol. The van der Waals surface area contributed by atoms with E-state index in [4.69, 9.17) is 4.42 Å². The van der Waals surface area contributed by atoms with Crippen molar-refractivity contribution in [3.8, 4) is 0 Å². The maximum atomic E-state index is 13.4. The molecule has 0 radical (unpaired) electrons. The van der Waals surface area contributed by atoms with Crippen LogP contribution in [0.5, 0.6) is 0 Å². The van der Waals surface area contributed by atoms with Crippen LogP contribution in [0.3, 0.4) is 0 Å². The first-order valence-corrected chi connectivity index (χ1v) is 9.59. The Morgan fingerprint density at radius 1 is 1.00 bits per heavy atom. The summed E-state index contributed by atoms with van der Waals surface area (Å²) in [6.45, 7) is 7.35. The van der Waals surface area contributed by atoms with E-state index in [1.54, 1.807) is 18.4 Å². The molecule has 28 heavy (non-hydrogen) atoms. The molecule has 1 fully saturated rings. The number of likely N-dealkylation sites (N-methyl/N-ethyl adjacent to an activating group) is 1. The number of carbonyl (C=O) groups is 2. The van der Waals surface area contributed by atoms with E-state index in [2.05, 4.69) is 22.9 Å². The number of aryl methyl sites for hydroxylation is 2. The van der Waals surface area contributed by atoms with Gasteiger partial charge >= 0.3 is 0 Å². The third-order valence-electron chi connectivity index (χ3n) is 5.51. The van der Waals surface area contributed by atoms with Crippen LogP contribution in [0.2, 0.25) is 0 Å². The number of hydrogen-bond donors (Lipinski definition) is 0. The second-order valence-corrected chi connectivity index (χ2v) is 7.61. The van der Waals surface area contributed by atoms with Crippen molar-refractivity contribution in [2.45, 2.75) is 20.4 Å². The van der Waals surface area contributed by atoms with Crippen LogP contribution < -0.4 is 0 Å². The zero-order valence-corrected chi connectivity index (χ0v) is 16.6. The zero-order valence-electron chi connectivity index (χ0n) is 16.6. The number of amides is 2. The van der Waals surface area contributed by atoms with Gasteiger partial charge in [0, 0.05) is 26.2 Å². The SMILES string of the molecule is Cc1ccc(C2=C(N3CCN(C)CC3)C(=O)N(Cc3ccco3)C2=O)c(C)c1. The van der Waals surface area contributed by atoms with Gasteiger partial charge in [0.1, 0.15) is 11.5 Å². The van der Waals surface area contributed by atoms with Gasteiger partial charge in [0.15, 0.2) is 0 Å². The summed E-state index contributed by atoms with van der Waals surface area (Å²) in [4.78, 5) is 32.3. The number of carbonyl (C=O) groups excluding carboxylic acids is 2. The second kappa shape index (κ2) is 7.28. The van der Waals surface area contributed by atoms with Gasteiger partial charge in [-0.15, -0.1) is 0 Å². The molecule has 1 aromatic heterocycles. The highest BCUT2D eigenvalue weighted by molar-refractivity contribution is 6.35. The largest absolute Gasteiger partial charge is 0.467 e. The number of benzene rings is 1. The van der Waals surface area contributed by atoms with Gasteiger partial charge in [-0.1, -0.05) is 23.8 Å². The molecule has 2 amide bonds. The van der Waals surface area contributed by atoms with Crippen molar-refractivity contribution in [3.63, 3.8) is 0 Å². The van der Waals surface area contributed by atoms with E-state index in [-0.39, 0.29) is 18.4 Å². The lowest BCUT2D eigenvalue weighted by Crippen LogP contribution is -2.46. The minimum Gasteiger partial charge on any atom is -0.467 e. The van der Waals surface area contributed by atoms with E-state index in [1.165, 1.54) is 4.90 Å². The van der Waals surface area contributed by atoms with E-state index >= 15 is 0 Å². The lowest BCUT2D eigenvalue weighted by atomic mass is 9.97. The Labute approximate surface area is 165 Å². The molecule has 6 nitrogen and oxygen atoms in total. The topological polar surface area (TPSA) is 57.0 Å². The van der Waals surface area contributed by atoms with E-state index < -0.39 is 0 Å². The first-order valence-electron chi connectivity index (χ1n) is 9.59. The molecule has 146 valence electrons. The monoisotopic (exact) mass is 379 g/mol. The van der Waals surface area contributed by atoms with Crippen LogP contribution in [0.4, 0.5) is 0 Å². The fourth-order valence-electron chi connectivity index (χ4n) is 3.93. The molecule has 4 rings (SSSR count). The van der Waals surface area contributed by atoms with Crippen LogP contribution in [0.1, 0.15) is 22.5 Å². The van der Waals surface area contributed by atoms with Crippen LogP contribution in [-0.4, -0.2) is 59.7 Å². The molecule has 0 spiro atoms. The van der Waals surface area contributed by atoms with Crippen LogP contribution in [0, 0.1) is 13.8 Å². The molecule has 1 saturated heterocycles. The molecule has 2 aliphatic heterocycles. The van der Waals surface area contributed by atoms with Crippen molar-refractivity contribution in [1.82, 2.24) is 14.7 Å². The summed E-state index contributed by atoms with van der Waals surface area (Å²) >= 11 is 0. The summed E-state index contributed by atoms with van der Waals surface area (Å²) in [7, 11) is 2.07. The molecule has 2 aromatic rings. The van der Waals surface area contributed by atoms with Crippen LogP contribution in [0.25, 0.3) is 5.57 Å². The molecule has 0 unspecified atom stereocenters. The molecular formula is C22H25N3O3. The molecule has 0 bridgehead atoms. The Bertz CT molecular complexity index is 938. The second-order valence-electron chi connectivity index (χ2n) is 7.61. The Morgan fingerprint density at radius 3 is 2.39 bits per heavy atom. The van der Waals surface area contributed by atoms with Crippen molar-refractivity contribution in [2.24, 2.45) is 0 Å². The third-order valence-corrected chi connectivity index (χ3v) is 5.51. The van der Waals surface area contributed by atoms with Crippen molar-refractivity contribution in [2.75, 3.05) is 33.2 Å². The van der Waals surface area contributed by atoms with Gasteiger partial charge < -0.3 is 14.2 Å². The maximum Gasteiger partial charge on any atom is 0.278 e. The summed E-state index contributed by atoms with van der Waals surface area (Å²) in [5, 5.41) is 0. The molecule has 3 heterocycles. The number of nitrogens with zero attached hydrogens (tertiary/aromatic N) is 3. The third kappa shape index (κ3) is 3.24. The van der Waals surface area contributed by atoms with Crippen LogP contribution in [-0.2, 0) is 16.1 Å². The normalized spacial score (nSPS) is 18.5. The number of furan rings is 1. The summed E-state index contributed by atoms with van der Waals surface area (Å²) in [5.41, 5.74) is 4.00. The fraction of sp³-hybridized carbons (Fsp3) is 0.364.